The number of halogens is 1. The molecule has 0 radical (unpaired) electrons. The van der Waals surface area contributed by atoms with Crippen molar-refractivity contribution in [2.45, 2.75) is 18.4 Å². The van der Waals surface area contributed by atoms with E-state index in [1.807, 2.05) is 0 Å². The van der Waals surface area contributed by atoms with Gasteiger partial charge < -0.3 is 14.8 Å². The molecule has 2 rings (SSSR count). The van der Waals surface area contributed by atoms with Crippen LogP contribution >= 0.6 is 0 Å². The van der Waals surface area contributed by atoms with Crippen molar-refractivity contribution < 1.29 is 27.1 Å². The lowest BCUT2D eigenvalue weighted by Crippen LogP contribution is -2.53. The first-order valence-electron chi connectivity index (χ1n) is 7.83. The van der Waals surface area contributed by atoms with E-state index in [2.05, 4.69) is 5.32 Å². The second kappa shape index (κ2) is 7.67. The highest BCUT2D eigenvalue weighted by atomic mass is 32.2. The second-order valence-corrected chi connectivity index (χ2v) is 8.06. The highest BCUT2D eigenvalue weighted by Crippen LogP contribution is 2.26. The SMILES string of the molecule is COc1ccc(C(=O)NCC2(OC)CCN(S(C)(=O)=O)CC2)cc1F. The molecule has 1 aliphatic heterocycles. The molecule has 1 aromatic rings. The van der Waals surface area contributed by atoms with E-state index in [0.29, 0.717) is 25.9 Å². The Morgan fingerprint density at radius 3 is 2.44 bits per heavy atom. The van der Waals surface area contributed by atoms with Crippen LogP contribution in [-0.2, 0) is 14.8 Å². The molecule has 1 saturated heterocycles. The fourth-order valence-electron chi connectivity index (χ4n) is 2.83. The molecule has 0 aromatic heterocycles. The standard InChI is InChI=1S/C16H23FN2O5S/c1-23-14-5-4-12(10-13(14)17)15(20)18-11-16(24-2)6-8-19(9-7-16)25(3,21)22/h4-5,10H,6-9,11H2,1-3H3,(H,18,20). The van der Waals surface area contributed by atoms with E-state index in [4.69, 9.17) is 9.47 Å². The second-order valence-electron chi connectivity index (χ2n) is 6.08. The Bertz CT molecular complexity index is 730. The Kier molecular flexibility index (Phi) is 6.02. The van der Waals surface area contributed by atoms with Gasteiger partial charge in [-0.15, -0.1) is 0 Å². The number of nitrogens with one attached hydrogen (secondary N) is 1. The fraction of sp³-hybridized carbons (Fsp3) is 0.562. The molecule has 0 unspecified atom stereocenters. The Morgan fingerprint density at radius 1 is 1.32 bits per heavy atom. The highest BCUT2D eigenvalue weighted by molar-refractivity contribution is 7.88. The maximum absolute atomic E-state index is 13.7. The summed E-state index contributed by atoms with van der Waals surface area (Å²) in [5.74, 6) is -0.973. The van der Waals surface area contributed by atoms with Crippen molar-refractivity contribution >= 4 is 15.9 Å². The summed E-state index contributed by atoms with van der Waals surface area (Å²) in [5, 5.41) is 2.74. The largest absolute Gasteiger partial charge is 0.494 e. The van der Waals surface area contributed by atoms with Gasteiger partial charge in [-0.1, -0.05) is 0 Å². The fourth-order valence-corrected chi connectivity index (χ4v) is 3.68. The summed E-state index contributed by atoms with van der Waals surface area (Å²) in [6.07, 6.45) is 2.11. The predicted molar refractivity (Wildman–Crippen MR) is 90.7 cm³/mol. The van der Waals surface area contributed by atoms with Crippen molar-refractivity contribution in [2.75, 3.05) is 40.1 Å². The Hall–Kier alpha value is -1.71. The Morgan fingerprint density at radius 2 is 1.96 bits per heavy atom. The molecule has 1 aliphatic rings. The number of hydrogen-bond donors (Lipinski definition) is 1. The van der Waals surface area contributed by atoms with E-state index in [1.54, 1.807) is 0 Å². The molecular formula is C16H23FN2O5S. The summed E-state index contributed by atoms with van der Waals surface area (Å²) in [5.41, 5.74) is -0.458. The maximum Gasteiger partial charge on any atom is 0.251 e. The van der Waals surface area contributed by atoms with Crippen molar-refractivity contribution in [3.05, 3.63) is 29.6 Å². The monoisotopic (exact) mass is 374 g/mol. The molecule has 140 valence electrons. The average molecular weight is 374 g/mol. The molecule has 1 aromatic carbocycles. The first-order valence-corrected chi connectivity index (χ1v) is 9.68. The summed E-state index contributed by atoms with van der Waals surface area (Å²) in [7, 11) is -0.345. The van der Waals surface area contributed by atoms with Gasteiger partial charge in [-0.25, -0.2) is 17.1 Å². The number of piperidine rings is 1. The van der Waals surface area contributed by atoms with Gasteiger partial charge in [-0.05, 0) is 31.0 Å². The summed E-state index contributed by atoms with van der Waals surface area (Å²) in [6.45, 7) is 0.882. The molecule has 25 heavy (non-hydrogen) atoms. The first-order chi connectivity index (χ1) is 11.7. The summed E-state index contributed by atoms with van der Waals surface area (Å²) in [4.78, 5) is 12.2. The van der Waals surface area contributed by atoms with Crippen molar-refractivity contribution in [2.24, 2.45) is 0 Å². The zero-order valence-corrected chi connectivity index (χ0v) is 15.4. The first kappa shape index (κ1) is 19.6. The van der Waals surface area contributed by atoms with Crippen LogP contribution in [0.4, 0.5) is 4.39 Å². The van der Waals surface area contributed by atoms with Crippen molar-refractivity contribution in [1.82, 2.24) is 9.62 Å². The smallest absolute Gasteiger partial charge is 0.251 e. The van der Waals surface area contributed by atoms with Crippen LogP contribution < -0.4 is 10.1 Å². The molecule has 0 saturated carbocycles. The van der Waals surface area contributed by atoms with Crippen molar-refractivity contribution in [3.8, 4) is 5.75 Å². The van der Waals surface area contributed by atoms with Crippen LogP contribution in [0.2, 0.25) is 0 Å². The average Bonchev–Trinajstić information content (AvgIpc) is 2.59. The molecular weight excluding hydrogens is 351 g/mol. The molecule has 1 heterocycles. The zero-order valence-electron chi connectivity index (χ0n) is 14.5. The van der Waals surface area contributed by atoms with Gasteiger partial charge in [-0.2, -0.15) is 0 Å². The Balaban J connectivity index is 1.99. The van der Waals surface area contributed by atoms with Gasteiger partial charge in [0.1, 0.15) is 0 Å². The minimum Gasteiger partial charge on any atom is -0.494 e. The van der Waals surface area contributed by atoms with Crippen molar-refractivity contribution in [1.29, 1.82) is 0 Å². The number of methoxy groups -OCH3 is 2. The van der Waals surface area contributed by atoms with Gasteiger partial charge in [-0.3, -0.25) is 4.79 Å². The molecule has 0 spiro atoms. The number of sulfonamides is 1. The van der Waals surface area contributed by atoms with Crippen LogP contribution in [0.15, 0.2) is 18.2 Å². The van der Waals surface area contributed by atoms with E-state index < -0.39 is 27.3 Å². The minimum atomic E-state index is -3.23. The maximum atomic E-state index is 13.7. The normalized spacial score (nSPS) is 17.9. The molecule has 0 atom stereocenters. The summed E-state index contributed by atoms with van der Waals surface area (Å²) in [6, 6.07) is 3.98. The molecule has 7 nitrogen and oxygen atoms in total. The third kappa shape index (κ3) is 4.68. The van der Waals surface area contributed by atoms with E-state index >= 15 is 0 Å². The van der Waals surface area contributed by atoms with Gasteiger partial charge in [0.15, 0.2) is 11.6 Å². The van der Waals surface area contributed by atoms with E-state index in [9.17, 15) is 17.6 Å². The van der Waals surface area contributed by atoms with Gasteiger partial charge in [0, 0.05) is 32.3 Å². The number of amides is 1. The van der Waals surface area contributed by atoms with Gasteiger partial charge in [0.05, 0.1) is 19.0 Å². The number of hydrogen-bond acceptors (Lipinski definition) is 5. The Labute approximate surface area is 147 Å². The molecule has 9 heteroatoms. The molecule has 1 amide bonds. The zero-order chi connectivity index (χ0) is 18.7. The summed E-state index contributed by atoms with van der Waals surface area (Å²) >= 11 is 0. The van der Waals surface area contributed by atoms with Crippen LogP contribution in [0.1, 0.15) is 23.2 Å². The molecule has 1 N–H and O–H groups in total. The van der Waals surface area contributed by atoms with Crippen molar-refractivity contribution in [3.63, 3.8) is 0 Å². The third-order valence-electron chi connectivity index (χ3n) is 4.52. The number of carbonyl (C=O) groups is 1. The van der Waals surface area contributed by atoms with Crippen LogP contribution in [0, 0.1) is 5.82 Å². The molecule has 0 aliphatic carbocycles. The van der Waals surface area contributed by atoms with Crippen LogP contribution in [-0.4, -0.2) is 64.3 Å². The van der Waals surface area contributed by atoms with Crippen LogP contribution in [0.25, 0.3) is 0 Å². The number of carbonyl (C=O) groups excluding carboxylic acids is 1. The number of rotatable bonds is 6. The lowest BCUT2D eigenvalue weighted by atomic mass is 9.92. The lowest BCUT2D eigenvalue weighted by Gasteiger charge is -2.39. The van der Waals surface area contributed by atoms with Crippen LogP contribution in [0.3, 0.4) is 0 Å². The molecule has 0 bridgehead atoms. The van der Waals surface area contributed by atoms with Gasteiger partial charge >= 0.3 is 0 Å². The molecule has 1 fully saturated rings. The van der Waals surface area contributed by atoms with Gasteiger partial charge in [0.25, 0.3) is 5.91 Å². The number of benzene rings is 1. The topological polar surface area (TPSA) is 84.9 Å². The van der Waals surface area contributed by atoms with E-state index in [0.717, 1.165) is 6.07 Å². The van der Waals surface area contributed by atoms with Gasteiger partial charge in [0.2, 0.25) is 10.0 Å². The van der Waals surface area contributed by atoms with Crippen LogP contribution in [0.5, 0.6) is 5.75 Å². The quantitative estimate of drug-likeness (QED) is 0.803. The highest BCUT2D eigenvalue weighted by Gasteiger charge is 2.37. The van der Waals surface area contributed by atoms with E-state index in [-0.39, 0.29) is 17.9 Å². The number of ether oxygens (including phenoxy) is 2. The third-order valence-corrected chi connectivity index (χ3v) is 5.82. The van der Waals surface area contributed by atoms with E-state index in [1.165, 1.54) is 36.9 Å². The lowest BCUT2D eigenvalue weighted by molar-refractivity contribution is -0.0424. The number of nitrogens with zero attached hydrogens (tertiary/aromatic N) is 1. The minimum absolute atomic E-state index is 0.0676. The predicted octanol–water partition coefficient (Wildman–Crippen LogP) is 1.00. The summed E-state index contributed by atoms with van der Waals surface area (Å²) < 4.78 is 48.7.